The molecule has 2 aromatic rings. The third kappa shape index (κ3) is 2.51. The smallest absolute Gasteiger partial charge is 0.346 e. The highest BCUT2D eigenvalue weighted by Gasteiger charge is 2.15. The monoisotopic (exact) mass is 252 g/mol. The van der Waals surface area contributed by atoms with E-state index < -0.39 is 29.2 Å². The van der Waals surface area contributed by atoms with Crippen LogP contribution < -0.4 is 4.74 Å². The third-order valence-corrected chi connectivity index (χ3v) is 2.19. The van der Waals surface area contributed by atoms with Gasteiger partial charge in [-0.3, -0.25) is 0 Å². The fourth-order valence-electron chi connectivity index (χ4n) is 1.34. The van der Waals surface area contributed by atoms with Crippen LogP contribution in [0.5, 0.6) is 5.75 Å². The molecule has 0 aliphatic carbocycles. The normalized spacial score (nSPS) is 10.2. The first-order chi connectivity index (χ1) is 8.58. The number of halogens is 3. The van der Waals surface area contributed by atoms with Crippen LogP contribution in [0.25, 0.3) is 0 Å². The van der Waals surface area contributed by atoms with E-state index in [1.54, 1.807) is 0 Å². The van der Waals surface area contributed by atoms with Gasteiger partial charge in [0.15, 0.2) is 11.6 Å². The second kappa shape index (κ2) is 4.91. The molecule has 0 amide bonds. The van der Waals surface area contributed by atoms with Gasteiger partial charge in [-0.25, -0.2) is 18.0 Å². The van der Waals surface area contributed by atoms with Crippen LogP contribution in [0.3, 0.4) is 0 Å². The van der Waals surface area contributed by atoms with E-state index >= 15 is 0 Å². The molecule has 0 heterocycles. The van der Waals surface area contributed by atoms with E-state index in [2.05, 4.69) is 4.74 Å². The molecule has 0 radical (unpaired) electrons. The van der Waals surface area contributed by atoms with Crippen molar-refractivity contribution >= 4 is 5.97 Å². The van der Waals surface area contributed by atoms with E-state index in [1.807, 2.05) is 0 Å². The second-order valence-corrected chi connectivity index (χ2v) is 3.44. The minimum atomic E-state index is -1.04. The van der Waals surface area contributed by atoms with Crippen molar-refractivity contribution in [3.8, 4) is 5.75 Å². The second-order valence-electron chi connectivity index (χ2n) is 3.44. The fraction of sp³-hybridized carbons (Fsp3) is 0. The average molecular weight is 252 g/mol. The van der Waals surface area contributed by atoms with Crippen molar-refractivity contribution in [2.45, 2.75) is 0 Å². The molecule has 0 atom stereocenters. The SMILES string of the molecule is O=C(Oc1ccc(F)cc1F)c1ccccc1F. The molecule has 18 heavy (non-hydrogen) atoms. The predicted molar refractivity (Wildman–Crippen MR) is 57.7 cm³/mol. The molecule has 2 rings (SSSR count). The van der Waals surface area contributed by atoms with E-state index in [-0.39, 0.29) is 5.56 Å². The zero-order valence-electron chi connectivity index (χ0n) is 8.99. The first-order valence-electron chi connectivity index (χ1n) is 4.99. The van der Waals surface area contributed by atoms with Gasteiger partial charge in [-0.2, -0.15) is 0 Å². The number of rotatable bonds is 2. The zero-order valence-corrected chi connectivity index (χ0v) is 8.99. The number of hydrogen-bond acceptors (Lipinski definition) is 2. The fourth-order valence-corrected chi connectivity index (χ4v) is 1.34. The number of ether oxygens (including phenoxy) is 1. The highest BCUT2D eigenvalue weighted by Crippen LogP contribution is 2.19. The van der Waals surface area contributed by atoms with Gasteiger partial charge in [-0.1, -0.05) is 12.1 Å². The maximum atomic E-state index is 13.3. The molecule has 0 fully saturated rings. The largest absolute Gasteiger partial charge is 0.420 e. The van der Waals surface area contributed by atoms with Crippen molar-refractivity contribution in [3.05, 3.63) is 65.5 Å². The molecular weight excluding hydrogens is 245 g/mol. The first-order valence-corrected chi connectivity index (χ1v) is 4.99. The van der Waals surface area contributed by atoms with Gasteiger partial charge in [0, 0.05) is 6.07 Å². The van der Waals surface area contributed by atoms with Crippen molar-refractivity contribution in [1.29, 1.82) is 0 Å². The van der Waals surface area contributed by atoms with Crippen LogP contribution >= 0.6 is 0 Å². The van der Waals surface area contributed by atoms with Gasteiger partial charge in [-0.15, -0.1) is 0 Å². The van der Waals surface area contributed by atoms with Crippen LogP contribution in [0.4, 0.5) is 13.2 Å². The van der Waals surface area contributed by atoms with E-state index in [1.165, 1.54) is 18.2 Å². The third-order valence-electron chi connectivity index (χ3n) is 2.19. The van der Waals surface area contributed by atoms with Gasteiger partial charge in [0.2, 0.25) is 0 Å². The topological polar surface area (TPSA) is 26.3 Å². The molecule has 0 aliphatic heterocycles. The summed E-state index contributed by atoms with van der Waals surface area (Å²) in [6, 6.07) is 7.61. The summed E-state index contributed by atoms with van der Waals surface area (Å²) in [6.07, 6.45) is 0. The maximum absolute atomic E-state index is 13.3. The molecule has 5 heteroatoms. The summed E-state index contributed by atoms with van der Waals surface area (Å²) in [5.41, 5.74) is -0.318. The summed E-state index contributed by atoms with van der Waals surface area (Å²) in [5, 5.41) is 0. The predicted octanol–water partition coefficient (Wildman–Crippen LogP) is 3.32. The Hall–Kier alpha value is -2.30. The lowest BCUT2D eigenvalue weighted by Gasteiger charge is -2.05. The summed E-state index contributed by atoms with van der Waals surface area (Å²) in [6.45, 7) is 0. The quantitative estimate of drug-likeness (QED) is 0.605. The van der Waals surface area contributed by atoms with Crippen LogP contribution in [-0.2, 0) is 0 Å². The standard InChI is InChI=1S/C13H7F3O2/c14-8-5-6-12(11(16)7-8)18-13(17)9-3-1-2-4-10(9)15/h1-7H. The van der Waals surface area contributed by atoms with E-state index in [0.717, 1.165) is 18.2 Å². The Morgan fingerprint density at radius 2 is 1.67 bits per heavy atom. The molecule has 0 spiro atoms. The number of esters is 1. The molecule has 0 saturated carbocycles. The van der Waals surface area contributed by atoms with Crippen LogP contribution in [0.15, 0.2) is 42.5 Å². The van der Waals surface area contributed by atoms with E-state index in [4.69, 9.17) is 0 Å². The van der Waals surface area contributed by atoms with E-state index in [0.29, 0.717) is 6.07 Å². The Labute approximate surface area is 101 Å². The molecule has 0 unspecified atom stereocenters. The zero-order chi connectivity index (χ0) is 13.1. The molecule has 0 saturated heterocycles. The number of hydrogen-bond donors (Lipinski definition) is 0. The van der Waals surface area contributed by atoms with Gasteiger partial charge < -0.3 is 4.74 Å². The van der Waals surface area contributed by atoms with Gasteiger partial charge in [0.05, 0.1) is 5.56 Å². The Balaban J connectivity index is 2.24. The van der Waals surface area contributed by atoms with Gasteiger partial charge >= 0.3 is 5.97 Å². The molecule has 2 aromatic carbocycles. The minimum absolute atomic E-state index is 0.318. The molecule has 0 bridgehead atoms. The van der Waals surface area contributed by atoms with Crippen molar-refractivity contribution in [2.24, 2.45) is 0 Å². The summed E-state index contributed by atoms with van der Waals surface area (Å²) >= 11 is 0. The van der Waals surface area contributed by atoms with Crippen LogP contribution in [0, 0.1) is 17.5 Å². The Bertz CT molecular complexity index is 597. The van der Waals surface area contributed by atoms with Gasteiger partial charge in [0.1, 0.15) is 11.6 Å². The highest BCUT2D eigenvalue weighted by molar-refractivity contribution is 5.91. The number of carbonyl (C=O) groups is 1. The van der Waals surface area contributed by atoms with Crippen LogP contribution in [0.1, 0.15) is 10.4 Å². The maximum Gasteiger partial charge on any atom is 0.346 e. The van der Waals surface area contributed by atoms with Crippen molar-refractivity contribution in [2.75, 3.05) is 0 Å². The lowest BCUT2D eigenvalue weighted by atomic mass is 10.2. The van der Waals surface area contributed by atoms with Gasteiger partial charge in [0.25, 0.3) is 0 Å². The van der Waals surface area contributed by atoms with Gasteiger partial charge in [-0.05, 0) is 24.3 Å². The molecule has 92 valence electrons. The molecular formula is C13H7F3O2. The van der Waals surface area contributed by atoms with Crippen molar-refractivity contribution < 1.29 is 22.7 Å². The summed E-state index contributed by atoms with van der Waals surface area (Å²) < 4.78 is 43.7. The molecule has 0 aromatic heterocycles. The Morgan fingerprint density at radius 3 is 2.33 bits per heavy atom. The number of carbonyl (C=O) groups excluding carboxylic acids is 1. The average Bonchev–Trinajstić information content (AvgIpc) is 2.33. The molecule has 2 nitrogen and oxygen atoms in total. The molecule has 0 aliphatic rings. The Kier molecular flexibility index (Phi) is 3.32. The Morgan fingerprint density at radius 1 is 0.944 bits per heavy atom. The minimum Gasteiger partial charge on any atom is -0.420 e. The van der Waals surface area contributed by atoms with E-state index in [9.17, 15) is 18.0 Å². The number of benzene rings is 2. The van der Waals surface area contributed by atoms with Crippen LogP contribution in [0.2, 0.25) is 0 Å². The lowest BCUT2D eigenvalue weighted by molar-refractivity contribution is 0.0722. The summed E-state index contributed by atoms with van der Waals surface area (Å²) in [7, 11) is 0. The summed E-state index contributed by atoms with van der Waals surface area (Å²) in [4.78, 5) is 11.5. The first kappa shape index (κ1) is 12.2. The van der Waals surface area contributed by atoms with Crippen molar-refractivity contribution in [3.63, 3.8) is 0 Å². The highest BCUT2D eigenvalue weighted by atomic mass is 19.1. The summed E-state index contributed by atoms with van der Waals surface area (Å²) in [5.74, 6) is -4.09. The van der Waals surface area contributed by atoms with Crippen molar-refractivity contribution in [1.82, 2.24) is 0 Å². The molecule has 0 N–H and O–H groups in total. The van der Waals surface area contributed by atoms with Crippen LogP contribution in [-0.4, -0.2) is 5.97 Å². The lowest BCUT2D eigenvalue weighted by Crippen LogP contribution is -2.11.